The summed E-state index contributed by atoms with van der Waals surface area (Å²) >= 11 is 0. The Hall–Kier alpha value is -0.250. The van der Waals surface area contributed by atoms with E-state index in [0.29, 0.717) is 6.04 Å². The van der Waals surface area contributed by atoms with E-state index in [4.69, 9.17) is 0 Å². The predicted molar refractivity (Wildman–Crippen MR) is 59.9 cm³/mol. The Labute approximate surface area is 91.7 Å². The lowest BCUT2D eigenvalue weighted by Crippen LogP contribution is -2.13. The molecule has 1 heterocycles. The van der Waals surface area contributed by atoms with Crippen LogP contribution in [0.3, 0.4) is 0 Å². The minimum atomic E-state index is 0. The highest BCUT2D eigenvalue weighted by molar-refractivity contribution is 5.85. The first-order chi connectivity index (χ1) is 5.25. The monoisotopic (exact) mass is 225 g/mol. The fourth-order valence-corrected chi connectivity index (χ4v) is 1.13. The van der Waals surface area contributed by atoms with Crippen molar-refractivity contribution in [2.75, 3.05) is 7.05 Å². The second kappa shape index (κ2) is 7.18. The quantitative estimate of drug-likeness (QED) is 0.854. The van der Waals surface area contributed by atoms with Crippen LogP contribution in [-0.2, 0) is 6.54 Å². The molecule has 1 N–H and O–H groups in total. The molecule has 13 heavy (non-hydrogen) atoms. The van der Waals surface area contributed by atoms with E-state index in [-0.39, 0.29) is 24.8 Å². The van der Waals surface area contributed by atoms with Crippen LogP contribution in [0.2, 0.25) is 0 Å². The maximum absolute atomic E-state index is 4.21. The van der Waals surface area contributed by atoms with E-state index in [1.54, 1.807) is 0 Å². The van der Waals surface area contributed by atoms with Gasteiger partial charge in [-0.25, -0.2) is 0 Å². The summed E-state index contributed by atoms with van der Waals surface area (Å²) in [6, 6.07) is 2.49. The van der Waals surface area contributed by atoms with Crippen molar-refractivity contribution in [3.63, 3.8) is 0 Å². The molecule has 1 rings (SSSR count). The van der Waals surface area contributed by atoms with E-state index in [1.165, 1.54) is 5.69 Å². The molecule has 0 saturated carbocycles. The molecule has 0 fully saturated rings. The van der Waals surface area contributed by atoms with Crippen molar-refractivity contribution in [2.24, 2.45) is 0 Å². The molecule has 0 aliphatic carbocycles. The number of nitrogens with one attached hydrogen (secondary N) is 1. The van der Waals surface area contributed by atoms with Gasteiger partial charge >= 0.3 is 0 Å². The highest BCUT2D eigenvalue weighted by atomic mass is 35.5. The van der Waals surface area contributed by atoms with Crippen LogP contribution in [-0.4, -0.2) is 16.8 Å². The first kappa shape index (κ1) is 15.2. The topological polar surface area (TPSA) is 29.9 Å². The summed E-state index contributed by atoms with van der Waals surface area (Å²) in [6.07, 6.45) is 1.84. The number of hydrogen-bond donors (Lipinski definition) is 1. The van der Waals surface area contributed by atoms with Crippen LogP contribution in [0.5, 0.6) is 0 Å². The van der Waals surface area contributed by atoms with Crippen LogP contribution in [0.25, 0.3) is 0 Å². The van der Waals surface area contributed by atoms with Gasteiger partial charge in [-0.3, -0.25) is 4.68 Å². The summed E-state index contributed by atoms with van der Waals surface area (Å²) in [6.45, 7) is 5.15. The summed E-state index contributed by atoms with van der Waals surface area (Å²) in [4.78, 5) is 0. The van der Waals surface area contributed by atoms with Gasteiger partial charge in [-0.2, -0.15) is 5.10 Å². The van der Waals surface area contributed by atoms with E-state index in [9.17, 15) is 0 Å². The molecule has 78 valence electrons. The molecule has 1 aromatic rings. The molecule has 3 nitrogen and oxygen atoms in total. The second-order valence-corrected chi connectivity index (χ2v) is 2.89. The van der Waals surface area contributed by atoms with Gasteiger partial charge in [-0.05, 0) is 27.0 Å². The molecule has 0 aliphatic rings. The van der Waals surface area contributed by atoms with Gasteiger partial charge in [-0.15, -0.1) is 24.8 Å². The lowest BCUT2D eigenvalue weighted by Gasteiger charge is -2.09. The van der Waals surface area contributed by atoms with Gasteiger partial charge < -0.3 is 5.32 Å². The number of aromatic nitrogens is 2. The smallest absolute Gasteiger partial charge is 0.0525 e. The van der Waals surface area contributed by atoms with Crippen LogP contribution < -0.4 is 5.32 Å². The SMILES string of the molecule is CNCc1ccnn1C(C)C.Cl.Cl. The van der Waals surface area contributed by atoms with Crippen molar-refractivity contribution in [1.82, 2.24) is 15.1 Å². The minimum absolute atomic E-state index is 0. The molecule has 0 spiro atoms. The second-order valence-electron chi connectivity index (χ2n) is 2.89. The summed E-state index contributed by atoms with van der Waals surface area (Å²) in [5.41, 5.74) is 1.24. The van der Waals surface area contributed by atoms with Gasteiger partial charge in [0, 0.05) is 18.8 Å². The normalized spacial score (nSPS) is 9.23. The zero-order valence-electron chi connectivity index (χ0n) is 8.15. The lowest BCUT2D eigenvalue weighted by molar-refractivity contribution is 0.502. The Bertz CT molecular complexity index is 223. The van der Waals surface area contributed by atoms with Crippen LogP contribution in [0.1, 0.15) is 25.6 Å². The number of nitrogens with zero attached hydrogens (tertiary/aromatic N) is 2. The van der Waals surface area contributed by atoms with Crippen molar-refractivity contribution in [3.8, 4) is 0 Å². The maximum Gasteiger partial charge on any atom is 0.0525 e. The van der Waals surface area contributed by atoms with Crippen molar-refractivity contribution >= 4 is 24.8 Å². The molecule has 0 bridgehead atoms. The van der Waals surface area contributed by atoms with E-state index in [0.717, 1.165) is 6.54 Å². The Morgan fingerprint density at radius 3 is 2.54 bits per heavy atom. The van der Waals surface area contributed by atoms with Gasteiger partial charge in [0.15, 0.2) is 0 Å². The third kappa shape index (κ3) is 3.98. The number of rotatable bonds is 3. The average molecular weight is 226 g/mol. The zero-order chi connectivity index (χ0) is 8.27. The van der Waals surface area contributed by atoms with Crippen molar-refractivity contribution in [2.45, 2.75) is 26.4 Å². The third-order valence-corrected chi connectivity index (χ3v) is 1.60. The fourth-order valence-electron chi connectivity index (χ4n) is 1.13. The largest absolute Gasteiger partial charge is 0.314 e. The first-order valence-corrected chi connectivity index (χ1v) is 3.92. The van der Waals surface area contributed by atoms with Crippen LogP contribution in [0.4, 0.5) is 0 Å². The van der Waals surface area contributed by atoms with Crippen molar-refractivity contribution in [3.05, 3.63) is 18.0 Å². The number of halogens is 2. The standard InChI is InChI=1S/C8H15N3.2ClH/c1-7(2)11-8(6-9-3)4-5-10-11;;/h4-5,7,9H,6H2,1-3H3;2*1H. The highest BCUT2D eigenvalue weighted by Crippen LogP contribution is 2.06. The highest BCUT2D eigenvalue weighted by Gasteiger charge is 2.03. The first-order valence-electron chi connectivity index (χ1n) is 3.92. The van der Waals surface area contributed by atoms with Gasteiger partial charge in [0.2, 0.25) is 0 Å². The molecule has 1 aromatic heterocycles. The summed E-state index contributed by atoms with van der Waals surface area (Å²) < 4.78 is 2.02. The summed E-state index contributed by atoms with van der Waals surface area (Å²) in [5.74, 6) is 0. The summed E-state index contributed by atoms with van der Waals surface area (Å²) in [7, 11) is 1.94. The lowest BCUT2D eigenvalue weighted by atomic mass is 10.3. The van der Waals surface area contributed by atoms with Gasteiger partial charge in [0.25, 0.3) is 0 Å². The fraction of sp³-hybridized carbons (Fsp3) is 0.625. The summed E-state index contributed by atoms with van der Waals surface area (Å²) in [5, 5.41) is 7.32. The average Bonchev–Trinajstić information content (AvgIpc) is 2.36. The van der Waals surface area contributed by atoms with E-state index < -0.39 is 0 Å². The molecule has 0 radical (unpaired) electrons. The Morgan fingerprint density at radius 2 is 2.08 bits per heavy atom. The Morgan fingerprint density at radius 1 is 1.46 bits per heavy atom. The third-order valence-electron chi connectivity index (χ3n) is 1.60. The molecule has 0 atom stereocenters. The van der Waals surface area contributed by atoms with Crippen molar-refractivity contribution in [1.29, 1.82) is 0 Å². The molecule has 0 aliphatic heterocycles. The molecular weight excluding hydrogens is 209 g/mol. The van der Waals surface area contributed by atoms with E-state index >= 15 is 0 Å². The maximum atomic E-state index is 4.21. The van der Waals surface area contributed by atoms with Gasteiger partial charge in [-0.1, -0.05) is 0 Å². The van der Waals surface area contributed by atoms with Gasteiger partial charge in [0.05, 0.1) is 5.69 Å². The van der Waals surface area contributed by atoms with Crippen LogP contribution >= 0.6 is 24.8 Å². The molecular formula is C8H17Cl2N3. The molecule has 0 aromatic carbocycles. The number of hydrogen-bond acceptors (Lipinski definition) is 2. The zero-order valence-corrected chi connectivity index (χ0v) is 9.78. The van der Waals surface area contributed by atoms with E-state index in [2.05, 4.69) is 24.3 Å². The molecule has 5 heteroatoms. The van der Waals surface area contributed by atoms with Crippen LogP contribution in [0.15, 0.2) is 12.3 Å². The molecule has 0 unspecified atom stereocenters. The molecule has 0 saturated heterocycles. The predicted octanol–water partition coefficient (Wildman–Crippen LogP) is 2.03. The van der Waals surface area contributed by atoms with E-state index in [1.807, 2.05) is 24.0 Å². The van der Waals surface area contributed by atoms with Gasteiger partial charge in [0.1, 0.15) is 0 Å². The minimum Gasteiger partial charge on any atom is -0.314 e. The Balaban J connectivity index is 0. The Kier molecular flexibility index (Phi) is 8.42. The molecule has 0 amide bonds. The van der Waals surface area contributed by atoms with Crippen molar-refractivity contribution < 1.29 is 0 Å². The van der Waals surface area contributed by atoms with Crippen LogP contribution in [0, 0.1) is 0 Å².